The van der Waals surface area contributed by atoms with Gasteiger partial charge in [-0.05, 0) is 38.5 Å². The summed E-state index contributed by atoms with van der Waals surface area (Å²) in [6.45, 7) is 6.15. The Morgan fingerprint density at radius 2 is 0.964 bits per heavy atom. The fraction of sp³-hybridized carbons (Fsp3) is 0.880. The first kappa shape index (κ1) is 27.0. The first-order valence-corrected chi connectivity index (χ1v) is 12.4. The highest BCUT2D eigenvalue weighted by atomic mass is 16.2. The number of hydrogen-bond donors (Lipinski definition) is 1. The number of carbonyl (C=O) groups excluding carboxylic acids is 1. The highest BCUT2D eigenvalue weighted by molar-refractivity contribution is 5.71. The Morgan fingerprint density at radius 3 is 1.39 bits per heavy atom. The number of unbranched alkanes of at least 4 members (excludes halogenated alkanes) is 15. The third kappa shape index (κ3) is 19.8. The molecule has 0 rings (SSSR count). The summed E-state index contributed by atoms with van der Waals surface area (Å²) < 4.78 is 0. The first-order chi connectivity index (χ1) is 13.7. The van der Waals surface area contributed by atoms with Crippen LogP contribution < -0.4 is 5.73 Å². The summed E-state index contributed by atoms with van der Waals surface area (Å²) in [7, 11) is 0. The Hall–Kier alpha value is -0.990. The number of allylic oxidation sites excluding steroid dienone is 2. The molecule has 0 aromatic rings. The maximum Gasteiger partial charge on any atom is 0.314 e. The summed E-state index contributed by atoms with van der Waals surface area (Å²) >= 11 is 0. The van der Waals surface area contributed by atoms with Gasteiger partial charge in [0.15, 0.2) is 0 Å². The molecule has 3 heteroatoms. The third-order valence-corrected chi connectivity index (χ3v) is 5.53. The third-order valence-electron chi connectivity index (χ3n) is 5.53. The summed E-state index contributed by atoms with van der Waals surface area (Å²) in [4.78, 5) is 13.3. The van der Waals surface area contributed by atoms with Gasteiger partial charge in [0, 0.05) is 13.1 Å². The summed E-state index contributed by atoms with van der Waals surface area (Å²) in [6.07, 6.45) is 27.9. The van der Waals surface area contributed by atoms with Crippen molar-refractivity contribution in [2.75, 3.05) is 13.1 Å². The van der Waals surface area contributed by atoms with Gasteiger partial charge in [-0.25, -0.2) is 4.79 Å². The second-order valence-corrected chi connectivity index (χ2v) is 8.32. The van der Waals surface area contributed by atoms with Crippen molar-refractivity contribution in [2.24, 2.45) is 5.73 Å². The quantitative estimate of drug-likeness (QED) is 0.156. The van der Waals surface area contributed by atoms with E-state index in [1.54, 1.807) is 0 Å². The van der Waals surface area contributed by atoms with Gasteiger partial charge in [-0.15, -0.1) is 0 Å². The maximum absolute atomic E-state index is 11.5. The number of hydrogen-bond acceptors (Lipinski definition) is 1. The van der Waals surface area contributed by atoms with E-state index in [0.717, 1.165) is 25.9 Å². The highest BCUT2D eigenvalue weighted by Gasteiger charge is 2.08. The monoisotopic (exact) mass is 394 g/mol. The summed E-state index contributed by atoms with van der Waals surface area (Å²) in [6, 6.07) is -0.246. The zero-order valence-corrected chi connectivity index (χ0v) is 19.2. The zero-order valence-electron chi connectivity index (χ0n) is 19.2. The Kier molecular flexibility index (Phi) is 21.5. The van der Waals surface area contributed by atoms with Crippen LogP contribution in [0.1, 0.15) is 129 Å². The molecule has 0 atom stereocenters. The molecule has 0 heterocycles. The van der Waals surface area contributed by atoms with Crippen LogP contribution in [-0.2, 0) is 0 Å². The van der Waals surface area contributed by atoms with Gasteiger partial charge in [-0.1, -0.05) is 103 Å². The SMILES string of the molecule is CCCCCCCC/C=C\CCCCCCCCN(CCCCCC)C(N)=O. The molecule has 3 nitrogen and oxygen atoms in total. The van der Waals surface area contributed by atoms with Crippen molar-refractivity contribution in [1.82, 2.24) is 4.90 Å². The molecule has 0 radical (unpaired) electrons. The summed E-state index contributed by atoms with van der Waals surface area (Å²) in [5.41, 5.74) is 5.50. The van der Waals surface area contributed by atoms with Crippen LogP contribution in [0.2, 0.25) is 0 Å². The molecule has 2 amide bonds. The molecular formula is C25H50N2O. The molecule has 0 unspecified atom stereocenters. The van der Waals surface area contributed by atoms with Gasteiger partial charge < -0.3 is 10.6 Å². The molecule has 0 aliphatic rings. The number of amides is 2. The van der Waals surface area contributed by atoms with Crippen molar-refractivity contribution in [1.29, 1.82) is 0 Å². The molecule has 0 spiro atoms. The van der Waals surface area contributed by atoms with Gasteiger partial charge in [0.1, 0.15) is 0 Å². The predicted molar refractivity (Wildman–Crippen MR) is 125 cm³/mol. The lowest BCUT2D eigenvalue weighted by atomic mass is 10.1. The van der Waals surface area contributed by atoms with Crippen LogP contribution in [0.15, 0.2) is 12.2 Å². The fourth-order valence-corrected chi connectivity index (χ4v) is 3.61. The molecule has 0 aromatic carbocycles. The van der Waals surface area contributed by atoms with Crippen LogP contribution in [0.3, 0.4) is 0 Å². The van der Waals surface area contributed by atoms with Crippen molar-refractivity contribution < 1.29 is 4.79 Å². The van der Waals surface area contributed by atoms with E-state index < -0.39 is 0 Å². The van der Waals surface area contributed by atoms with Crippen LogP contribution in [0, 0.1) is 0 Å². The van der Waals surface area contributed by atoms with Gasteiger partial charge in [0.2, 0.25) is 0 Å². The van der Waals surface area contributed by atoms with Crippen molar-refractivity contribution >= 4 is 6.03 Å². The second kappa shape index (κ2) is 22.3. The van der Waals surface area contributed by atoms with Crippen molar-refractivity contribution in [2.45, 2.75) is 129 Å². The standard InChI is InChI=1S/C25H50N2O/c1-3-5-7-9-10-11-12-13-14-15-16-17-18-19-20-22-24-27(25(26)28)23-21-8-6-4-2/h13-14H,3-12,15-24H2,1-2H3,(H2,26,28)/b14-13-. The molecule has 0 saturated heterocycles. The molecule has 0 saturated carbocycles. The first-order valence-electron chi connectivity index (χ1n) is 12.4. The summed E-state index contributed by atoms with van der Waals surface area (Å²) in [5.74, 6) is 0. The Labute approximate surface area is 176 Å². The number of rotatable bonds is 21. The predicted octanol–water partition coefficient (Wildman–Crippen LogP) is 7.98. The lowest BCUT2D eigenvalue weighted by molar-refractivity contribution is 0.205. The van der Waals surface area contributed by atoms with Crippen LogP contribution >= 0.6 is 0 Å². The Balaban J connectivity index is 3.39. The smallest absolute Gasteiger partial charge is 0.314 e. The van der Waals surface area contributed by atoms with Crippen molar-refractivity contribution in [3.63, 3.8) is 0 Å². The van der Waals surface area contributed by atoms with E-state index in [1.165, 1.54) is 103 Å². The average molecular weight is 395 g/mol. The van der Waals surface area contributed by atoms with Crippen LogP contribution in [-0.4, -0.2) is 24.0 Å². The van der Waals surface area contributed by atoms with E-state index in [0.29, 0.717) is 0 Å². The fourth-order valence-electron chi connectivity index (χ4n) is 3.61. The minimum Gasteiger partial charge on any atom is -0.351 e. The van der Waals surface area contributed by atoms with E-state index in [-0.39, 0.29) is 6.03 Å². The van der Waals surface area contributed by atoms with Gasteiger partial charge >= 0.3 is 6.03 Å². The zero-order chi connectivity index (χ0) is 20.7. The second-order valence-electron chi connectivity index (χ2n) is 8.32. The lowest BCUT2D eigenvalue weighted by Gasteiger charge is -2.20. The normalized spacial score (nSPS) is 11.4. The van der Waals surface area contributed by atoms with Crippen molar-refractivity contribution in [3.05, 3.63) is 12.2 Å². The molecule has 0 aliphatic heterocycles. The topological polar surface area (TPSA) is 46.3 Å². The van der Waals surface area contributed by atoms with E-state index in [1.807, 2.05) is 4.90 Å². The number of urea groups is 1. The van der Waals surface area contributed by atoms with E-state index >= 15 is 0 Å². The van der Waals surface area contributed by atoms with E-state index in [2.05, 4.69) is 26.0 Å². The average Bonchev–Trinajstić information content (AvgIpc) is 2.69. The molecule has 166 valence electrons. The van der Waals surface area contributed by atoms with Crippen molar-refractivity contribution in [3.8, 4) is 0 Å². The van der Waals surface area contributed by atoms with Crippen LogP contribution in [0.25, 0.3) is 0 Å². The molecule has 0 fully saturated rings. The van der Waals surface area contributed by atoms with Gasteiger partial charge in [-0.3, -0.25) is 0 Å². The Bertz CT molecular complexity index is 354. The highest BCUT2D eigenvalue weighted by Crippen LogP contribution is 2.10. The Morgan fingerprint density at radius 1 is 0.607 bits per heavy atom. The molecule has 0 aliphatic carbocycles. The minimum absolute atomic E-state index is 0.246. The lowest BCUT2D eigenvalue weighted by Crippen LogP contribution is -2.37. The molecule has 28 heavy (non-hydrogen) atoms. The van der Waals surface area contributed by atoms with E-state index in [9.17, 15) is 4.79 Å². The van der Waals surface area contributed by atoms with Gasteiger partial charge in [-0.2, -0.15) is 0 Å². The molecular weight excluding hydrogens is 344 g/mol. The summed E-state index contributed by atoms with van der Waals surface area (Å²) in [5, 5.41) is 0. The largest absolute Gasteiger partial charge is 0.351 e. The van der Waals surface area contributed by atoms with E-state index in [4.69, 9.17) is 5.73 Å². The molecule has 0 bridgehead atoms. The maximum atomic E-state index is 11.5. The van der Waals surface area contributed by atoms with Gasteiger partial charge in [0.05, 0.1) is 0 Å². The number of nitrogens with two attached hydrogens (primary N) is 1. The van der Waals surface area contributed by atoms with Crippen LogP contribution in [0.4, 0.5) is 4.79 Å². The minimum atomic E-state index is -0.246. The number of carbonyl (C=O) groups is 1. The molecule has 2 N–H and O–H groups in total. The molecule has 0 aromatic heterocycles. The van der Waals surface area contributed by atoms with Crippen LogP contribution in [0.5, 0.6) is 0 Å². The van der Waals surface area contributed by atoms with Gasteiger partial charge in [0.25, 0.3) is 0 Å². The number of nitrogens with zero attached hydrogens (tertiary/aromatic N) is 1. The number of primary amides is 1.